The molecule has 38 heavy (non-hydrogen) atoms. The third-order valence-corrected chi connectivity index (χ3v) is 7.11. The number of anilines is 1. The predicted octanol–water partition coefficient (Wildman–Crippen LogP) is 5.42. The minimum absolute atomic E-state index is 0.0679. The summed E-state index contributed by atoms with van der Waals surface area (Å²) < 4.78 is 7.20. The summed E-state index contributed by atoms with van der Waals surface area (Å²) in [6.45, 7) is 1.33. The lowest BCUT2D eigenvalue weighted by Gasteiger charge is -2.32. The zero-order valence-corrected chi connectivity index (χ0v) is 22.0. The van der Waals surface area contributed by atoms with Crippen LogP contribution >= 0.6 is 11.6 Å². The summed E-state index contributed by atoms with van der Waals surface area (Å²) in [5.41, 5.74) is 4.79. The van der Waals surface area contributed by atoms with Gasteiger partial charge >= 0.3 is 0 Å². The van der Waals surface area contributed by atoms with Gasteiger partial charge < -0.3 is 15.0 Å². The fourth-order valence-corrected chi connectivity index (χ4v) is 4.87. The third-order valence-electron chi connectivity index (χ3n) is 6.89. The molecule has 2 aromatic heterocycles. The molecule has 1 fully saturated rings. The molecule has 0 unspecified atom stereocenters. The second-order valence-corrected chi connectivity index (χ2v) is 9.72. The summed E-state index contributed by atoms with van der Waals surface area (Å²) >= 11 is 5.82. The van der Waals surface area contributed by atoms with Gasteiger partial charge in [0.25, 0.3) is 11.8 Å². The van der Waals surface area contributed by atoms with Crippen LogP contribution in [0.15, 0.2) is 73.2 Å². The van der Waals surface area contributed by atoms with Crippen molar-refractivity contribution in [1.29, 1.82) is 0 Å². The molecule has 2 aromatic carbocycles. The molecule has 8 nitrogen and oxygen atoms in total. The number of amides is 2. The van der Waals surface area contributed by atoms with Crippen LogP contribution in [-0.2, 0) is 7.05 Å². The first kappa shape index (κ1) is 25.5. The zero-order chi connectivity index (χ0) is 26.6. The monoisotopic (exact) mass is 529 g/mol. The lowest BCUT2D eigenvalue weighted by atomic mass is 9.88. The van der Waals surface area contributed by atoms with E-state index >= 15 is 0 Å². The molecule has 1 aliphatic rings. The van der Waals surface area contributed by atoms with E-state index in [9.17, 15) is 9.59 Å². The van der Waals surface area contributed by atoms with Gasteiger partial charge in [0.2, 0.25) is 0 Å². The van der Waals surface area contributed by atoms with E-state index in [4.69, 9.17) is 16.3 Å². The molecule has 1 saturated heterocycles. The maximum absolute atomic E-state index is 13.3. The van der Waals surface area contributed by atoms with Gasteiger partial charge in [-0.15, -0.1) is 0 Å². The van der Waals surface area contributed by atoms with Gasteiger partial charge in [-0.05, 0) is 60.2 Å². The quantitative estimate of drug-likeness (QED) is 0.337. The highest BCUT2D eigenvalue weighted by molar-refractivity contribution is 6.29. The number of hydrogen-bond donors (Lipinski definition) is 1. The maximum atomic E-state index is 13.3. The first-order valence-electron chi connectivity index (χ1n) is 12.4. The van der Waals surface area contributed by atoms with Gasteiger partial charge in [0.1, 0.15) is 10.9 Å². The normalized spacial score (nSPS) is 13.8. The van der Waals surface area contributed by atoms with E-state index in [1.807, 2.05) is 24.3 Å². The number of nitrogens with zero attached hydrogens (tertiary/aromatic N) is 4. The van der Waals surface area contributed by atoms with E-state index < -0.39 is 0 Å². The number of benzene rings is 2. The van der Waals surface area contributed by atoms with Gasteiger partial charge in [-0.1, -0.05) is 35.9 Å². The predicted molar refractivity (Wildman–Crippen MR) is 147 cm³/mol. The number of aryl methyl sites for hydroxylation is 1. The Hall–Kier alpha value is -4.17. The number of hydrogen-bond acceptors (Lipinski definition) is 5. The van der Waals surface area contributed by atoms with Crippen molar-refractivity contribution >= 4 is 29.1 Å². The molecule has 3 heterocycles. The Kier molecular flexibility index (Phi) is 7.42. The van der Waals surface area contributed by atoms with Crippen LogP contribution in [-0.4, -0.2) is 51.7 Å². The molecule has 9 heteroatoms. The molecule has 0 saturated carbocycles. The summed E-state index contributed by atoms with van der Waals surface area (Å²) in [6, 6.07) is 16.8. The van der Waals surface area contributed by atoms with Crippen molar-refractivity contribution in [1.82, 2.24) is 19.7 Å². The van der Waals surface area contributed by atoms with E-state index in [1.54, 1.807) is 35.0 Å². The average molecular weight is 530 g/mol. The molecule has 1 aliphatic heterocycles. The number of halogens is 1. The number of pyridine rings is 1. The summed E-state index contributed by atoms with van der Waals surface area (Å²) in [6.07, 6.45) is 7.05. The van der Waals surface area contributed by atoms with E-state index in [1.165, 1.54) is 18.9 Å². The van der Waals surface area contributed by atoms with Gasteiger partial charge in [-0.25, -0.2) is 4.98 Å². The molecule has 0 radical (unpaired) electrons. The lowest BCUT2D eigenvalue weighted by Crippen LogP contribution is -2.38. The average Bonchev–Trinajstić information content (AvgIpc) is 3.39. The molecule has 0 bridgehead atoms. The number of methoxy groups -OCH3 is 1. The Morgan fingerprint density at radius 2 is 1.71 bits per heavy atom. The number of carbonyl (C=O) groups excluding carboxylic acids is 2. The Labute approximate surface area is 226 Å². The molecule has 0 aliphatic carbocycles. The van der Waals surface area contributed by atoms with Gasteiger partial charge in [-0.3, -0.25) is 14.3 Å². The van der Waals surface area contributed by atoms with Crippen molar-refractivity contribution < 1.29 is 14.3 Å². The smallest absolute Gasteiger partial charge is 0.257 e. The number of piperidine rings is 1. The topological polar surface area (TPSA) is 89.4 Å². The highest BCUT2D eigenvalue weighted by atomic mass is 35.5. The van der Waals surface area contributed by atoms with Crippen molar-refractivity contribution in [2.75, 3.05) is 25.5 Å². The minimum atomic E-state index is -0.368. The van der Waals surface area contributed by atoms with Gasteiger partial charge in [-0.2, -0.15) is 5.10 Å². The molecule has 0 atom stereocenters. The van der Waals surface area contributed by atoms with Crippen LogP contribution in [0.2, 0.25) is 5.15 Å². The van der Waals surface area contributed by atoms with Gasteiger partial charge in [0, 0.05) is 43.7 Å². The highest BCUT2D eigenvalue weighted by Gasteiger charge is 2.25. The number of rotatable bonds is 6. The van der Waals surface area contributed by atoms with E-state index in [-0.39, 0.29) is 11.8 Å². The Balaban J connectivity index is 1.23. The number of nitrogens with one attached hydrogen (secondary N) is 1. The summed E-state index contributed by atoms with van der Waals surface area (Å²) in [4.78, 5) is 31.9. The van der Waals surface area contributed by atoms with Crippen LogP contribution in [0.25, 0.3) is 11.1 Å². The van der Waals surface area contributed by atoms with Crippen molar-refractivity contribution in [3.8, 4) is 16.9 Å². The summed E-state index contributed by atoms with van der Waals surface area (Å²) in [5.74, 6) is 0.431. The Morgan fingerprint density at radius 1 is 0.974 bits per heavy atom. The standard InChI is InChI=1S/C29H28ClN5O3/c1-34-18-24(17-32-34)20-5-3-19(4-6-20)21-11-13-35(14-12-21)29(37)22-7-9-26(38-2)25(15-22)33-28(36)23-8-10-27(30)31-16-23/h3-10,15-18,21H,11-14H2,1-2H3,(H,33,36). The molecule has 5 rings (SSSR count). The number of likely N-dealkylation sites (tertiary alicyclic amines) is 1. The largest absolute Gasteiger partial charge is 0.495 e. The fraction of sp³-hybridized carbons (Fsp3) is 0.241. The summed E-state index contributed by atoms with van der Waals surface area (Å²) in [7, 11) is 3.43. The highest BCUT2D eigenvalue weighted by Crippen LogP contribution is 2.32. The first-order chi connectivity index (χ1) is 18.4. The van der Waals surface area contributed by atoms with Gasteiger partial charge in [0.15, 0.2) is 0 Å². The minimum Gasteiger partial charge on any atom is -0.495 e. The van der Waals surface area contributed by atoms with Crippen LogP contribution in [0.4, 0.5) is 5.69 Å². The second-order valence-electron chi connectivity index (χ2n) is 9.33. The van der Waals surface area contributed by atoms with Crippen molar-refractivity contribution in [3.63, 3.8) is 0 Å². The van der Waals surface area contributed by atoms with E-state index in [0.29, 0.717) is 46.7 Å². The van der Waals surface area contributed by atoms with Crippen LogP contribution in [0.1, 0.15) is 45.0 Å². The zero-order valence-electron chi connectivity index (χ0n) is 21.2. The number of carbonyl (C=O) groups is 2. The van der Waals surface area contributed by atoms with Gasteiger partial charge in [0.05, 0.1) is 24.6 Å². The fourth-order valence-electron chi connectivity index (χ4n) is 4.76. The molecule has 4 aromatic rings. The molecular weight excluding hydrogens is 502 g/mol. The van der Waals surface area contributed by atoms with Crippen LogP contribution in [0.3, 0.4) is 0 Å². The second kappa shape index (κ2) is 11.1. The van der Waals surface area contributed by atoms with Crippen molar-refractivity contribution in [3.05, 3.63) is 95.0 Å². The summed E-state index contributed by atoms with van der Waals surface area (Å²) in [5, 5.41) is 7.37. The lowest BCUT2D eigenvalue weighted by molar-refractivity contribution is 0.0712. The van der Waals surface area contributed by atoms with E-state index in [2.05, 4.69) is 39.7 Å². The third kappa shape index (κ3) is 5.55. The Bertz CT molecular complexity index is 1440. The van der Waals surface area contributed by atoms with Crippen LogP contribution < -0.4 is 10.1 Å². The van der Waals surface area contributed by atoms with Crippen molar-refractivity contribution in [2.45, 2.75) is 18.8 Å². The molecular formula is C29H28ClN5O3. The molecule has 2 amide bonds. The Morgan fingerprint density at radius 3 is 2.34 bits per heavy atom. The number of ether oxygens (including phenoxy) is 1. The van der Waals surface area contributed by atoms with Crippen molar-refractivity contribution in [2.24, 2.45) is 7.05 Å². The molecule has 1 N–H and O–H groups in total. The molecule has 0 spiro atoms. The first-order valence-corrected chi connectivity index (χ1v) is 12.8. The maximum Gasteiger partial charge on any atom is 0.257 e. The number of aromatic nitrogens is 3. The SMILES string of the molecule is COc1ccc(C(=O)N2CCC(c3ccc(-c4cnn(C)c4)cc3)CC2)cc1NC(=O)c1ccc(Cl)nc1. The van der Waals surface area contributed by atoms with Crippen LogP contribution in [0.5, 0.6) is 5.75 Å². The van der Waals surface area contributed by atoms with Crippen LogP contribution in [0, 0.1) is 0 Å². The van der Waals surface area contributed by atoms with E-state index in [0.717, 1.165) is 24.0 Å². The molecule has 194 valence electrons.